The molecule has 10 atom stereocenters. The number of amides is 13. The number of carbonyl (C=O) groups is 14. The normalized spacial score (nSPS) is 22.9. The number of carboxylic acid groups (broad SMARTS) is 1. The van der Waals surface area contributed by atoms with Crippen LogP contribution in [0.5, 0.6) is 5.75 Å². The summed E-state index contributed by atoms with van der Waals surface area (Å²) in [6.45, 7) is 3.66. The molecule has 2 heterocycles. The van der Waals surface area contributed by atoms with Crippen LogP contribution in [-0.2, 0) is 80.0 Å². The molecule has 2 saturated heterocycles. The molecule has 0 spiro atoms. The molecule has 2 aromatic rings. The van der Waals surface area contributed by atoms with E-state index in [1.165, 1.54) is 29.2 Å². The summed E-state index contributed by atoms with van der Waals surface area (Å²) < 4.78 is 0. The van der Waals surface area contributed by atoms with Gasteiger partial charge in [0.1, 0.15) is 66.2 Å². The Hall–Kier alpha value is -11.1. The van der Waals surface area contributed by atoms with Crippen LogP contribution in [0.2, 0.25) is 0 Å². The molecule has 13 amide bonds. The molecule has 0 aliphatic carbocycles. The zero-order valence-electron chi connectivity index (χ0n) is 60.4. The van der Waals surface area contributed by atoms with Crippen LogP contribution < -0.4 is 104 Å². The van der Waals surface area contributed by atoms with Gasteiger partial charge in [-0.3, -0.25) is 82.1 Å². The highest BCUT2D eigenvalue weighted by Crippen LogP contribution is 2.22. The average molecular weight is 1520 g/mol. The maximum absolute atomic E-state index is 15.2. The lowest BCUT2D eigenvalue weighted by molar-refractivity contribution is -0.143. The minimum absolute atomic E-state index is 0.0137. The molecular formula is C67H105N23O16S. The molecule has 2 fully saturated rings. The van der Waals surface area contributed by atoms with Gasteiger partial charge in [0, 0.05) is 44.8 Å². The van der Waals surface area contributed by atoms with Crippen molar-refractivity contribution in [1.29, 1.82) is 0 Å². The number of aromatic hydroxyl groups is 1. The molecule has 0 radical (unpaired) electrons. The summed E-state index contributed by atoms with van der Waals surface area (Å²) in [6.07, 6.45) is -1.19. The van der Waals surface area contributed by atoms with Crippen molar-refractivity contribution in [2.75, 3.05) is 57.3 Å². The predicted molar refractivity (Wildman–Crippen MR) is 396 cm³/mol. The van der Waals surface area contributed by atoms with Crippen LogP contribution in [0.25, 0.3) is 0 Å². The van der Waals surface area contributed by atoms with Gasteiger partial charge in [0.25, 0.3) is 0 Å². The lowest BCUT2D eigenvalue weighted by Crippen LogP contribution is -2.61. The van der Waals surface area contributed by atoms with Crippen molar-refractivity contribution in [1.82, 2.24) is 63.4 Å². The predicted octanol–water partition coefficient (Wildman–Crippen LogP) is -6.88. The van der Waals surface area contributed by atoms with Gasteiger partial charge in [-0.1, -0.05) is 50.2 Å². The second kappa shape index (κ2) is 46.0. The number of aliphatic imine (C=N–C) groups is 3. The van der Waals surface area contributed by atoms with E-state index in [2.05, 4.69) is 73.5 Å². The number of fused-ring (bicyclic) bond motifs is 1. The van der Waals surface area contributed by atoms with Crippen LogP contribution in [0, 0.1) is 12.8 Å². The number of hydrogen-bond donors (Lipinski definition) is 21. The van der Waals surface area contributed by atoms with Gasteiger partial charge in [-0.05, 0) is 125 Å². The molecule has 0 saturated carbocycles. The molecule has 2 aliphatic heterocycles. The fraction of sp³-hybridized carbons (Fsp3) is 0.567. The van der Waals surface area contributed by atoms with Crippen LogP contribution in [0.15, 0.2) is 63.5 Å². The third-order valence-electron chi connectivity index (χ3n) is 16.9. The third kappa shape index (κ3) is 32.9. The van der Waals surface area contributed by atoms with Gasteiger partial charge in [-0.2, -0.15) is 0 Å². The summed E-state index contributed by atoms with van der Waals surface area (Å²) in [5.74, 6) is -15.8. The zero-order chi connectivity index (χ0) is 79.3. The van der Waals surface area contributed by atoms with E-state index in [9.17, 15) is 63.0 Å². The number of phenols is 1. The van der Waals surface area contributed by atoms with Gasteiger partial charge in [-0.15, -0.1) is 11.8 Å². The Bertz CT molecular complexity index is 3500. The van der Waals surface area contributed by atoms with Crippen LogP contribution in [0.3, 0.4) is 0 Å². The summed E-state index contributed by atoms with van der Waals surface area (Å²) in [7, 11) is 0. The molecule has 2 aliphatic rings. The monoisotopic (exact) mass is 1520 g/mol. The van der Waals surface area contributed by atoms with Gasteiger partial charge in [0.15, 0.2) is 17.9 Å². The van der Waals surface area contributed by atoms with Gasteiger partial charge in [0.05, 0.1) is 25.3 Å². The number of aliphatic carboxylic acids is 1. The van der Waals surface area contributed by atoms with Crippen LogP contribution >= 0.6 is 11.8 Å². The minimum atomic E-state index is -1.92. The van der Waals surface area contributed by atoms with E-state index >= 15 is 14.4 Å². The highest BCUT2D eigenvalue weighted by atomic mass is 32.2. The molecule has 590 valence electrons. The highest BCUT2D eigenvalue weighted by molar-refractivity contribution is 8.00. The van der Waals surface area contributed by atoms with Crippen molar-refractivity contribution >= 4 is 112 Å². The number of carboxylic acids is 1. The Morgan fingerprint density at radius 3 is 1.56 bits per heavy atom. The van der Waals surface area contributed by atoms with E-state index in [0.717, 1.165) is 11.8 Å². The van der Waals surface area contributed by atoms with Crippen molar-refractivity contribution in [3.8, 4) is 5.75 Å². The first-order valence-corrected chi connectivity index (χ1v) is 36.2. The van der Waals surface area contributed by atoms with Crippen molar-refractivity contribution < 1.29 is 77.3 Å². The number of phenolic OH excluding ortho intramolecular Hbond substituents is 1. The van der Waals surface area contributed by atoms with E-state index in [1.54, 1.807) is 45.0 Å². The maximum Gasteiger partial charge on any atom is 0.305 e. The van der Waals surface area contributed by atoms with E-state index in [4.69, 9.17) is 45.9 Å². The summed E-state index contributed by atoms with van der Waals surface area (Å²) in [5.41, 5.74) is 46.7. The van der Waals surface area contributed by atoms with E-state index in [-0.39, 0.29) is 151 Å². The topological polar surface area (TPSA) is 660 Å². The Morgan fingerprint density at radius 2 is 1.01 bits per heavy atom. The number of aryl methyl sites for hydroxylation is 1. The molecule has 0 bridgehead atoms. The number of rotatable bonds is 25. The van der Waals surface area contributed by atoms with E-state index in [0.29, 0.717) is 23.1 Å². The summed E-state index contributed by atoms with van der Waals surface area (Å²) in [5, 5.41) is 48.2. The Labute approximate surface area is 623 Å². The number of nitrogens with two attached hydrogens (primary N) is 8. The first-order chi connectivity index (χ1) is 50.7. The average Bonchev–Trinajstić information content (AvgIpc) is 1.71. The molecule has 107 heavy (non-hydrogen) atoms. The summed E-state index contributed by atoms with van der Waals surface area (Å²) in [6, 6.07) is -2.40. The molecule has 2 aromatic carbocycles. The summed E-state index contributed by atoms with van der Waals surface area (Å²) in [4.78, 5) is 210. The number of unbranched alkanes of at least 4 members (excludes halogenated alkanes) is 1. The number of carbonyl (C=O) groups excluding carboxylic acids is 13. The van der Waals surface area contributed by atoms with Crippen LogP contribution in [0.4, 0.5) is 0 Å². The van der Waals surface area contributed by atoms with Gasteiger partial charge in [-0.25, -0.2) is 0 Å². The molecular weight excluding hydrogens is 1410 g/mol. The first-order valence-electron chi connectivity index (χ1n) is 35.1. The molecule has 0 aromatic heterocycles. The second-order valence-corrected chi connectivity index (χ2v) is 27.2. The minimum Gasteiger partial charge on any atom is -0.508 e. The molecule has 4 rings (SSSR count). The fourth-order valence-electron chi connectivity index (χ4n) is 11.4. The molecule has 29 N–H and O–H groups in total. The van der Waals surface area contributed by atoms with Gasteiger partial charge >= 0.3 is 5.97 Å². The maximum atomic E-state index is 15.2. The quantitative estimate of drug-likeness (QED) is 0.0250. The Kier molecular flexibility index (Phi) is 38.0. The number of hydrogen-bond acceptors (Lipinski definition) is 20. The number of thioether (sulfide) groups is 1. The summed E-state index contributed by atoms with van der Waals surface area (Å²) >= 11 is 0.811. The Morgan fingerprint density at radius 1 is 0.533 bits per heavy atom. The highest BCUT2D eigenvalue weighted by Gasteiger charge is 2.41. The van der Waals surface area contributed by atoms with E-state index < -0.39 is 168 Å². The number of primary amides is 1. The first kappa shape index (κ1) is 88.3. The van der Waals surface area contributed by atoms with Crippen LogP contribution in [-0.4, -0.2) is 233 Å². The van der Waals surface area contributed by atoms with Crippen molar-refractivity contribution in [3.05, 3.63) is 65.2 Å². The van der Waals surface area contributed by atoms with E-state index in [1.807, 2.05) is 0 Å². The second-order valence-electron chi connectivity index (χ2n) is 26.1. The van der Waals surface area contributed by atoms with Gasteiger partial charge < -0.3 is 119 Å². The third-order valence-corrected chi connectivity index (χ3v) is 17.9. The SMILES string of the molecule is Cc1ccccc1C[C@@H]1NC(=O)[C@H](CCCN=C(N)N)NC(=O)[C@H](CC(C)C)NC(=O)[C@H](Cc2ccc(O)cc2)NC(=O)CSC[C@@H](C(N)=O)NC(=O)CNC(=O)CNC(=O)[C@H](CCCN=C(N)N)NC(=O)[C@H](CC(=O)O)NC(=O)[C@H](CCCCN)NC(=O)[C@@H]2CCCN2C(=O)[C@H](CCCN=C(N)N)NC1=O. The van der Waals surface area contributed by atoms with Crippen molar-refractivity contribution in [2.45, 2.75) is 178 Å². The molecule has 0 unspecified atom stereocenters. The smallest absolute Gasteiger partial charge is 0.305 e. The zero-order valence-corrected chi connectivity index (χ0v) is 61.2. The van der Waals surface area contributed by atoms with Crippen molar-refractivity contribution in [3.63, 3.8) is 0 Å². The number of guanidine groups is 3. The van der Waals surface area contributed by atoms with Crippen molar-refractivity contribution in [2.24, 2.45) is 66.8 Å². The standard InChI is InChI=1S/C67H105N23O16S/c1-36(2)28-45-59(101)84-43(16-9-25-77-66(72)73)58(100)88-47(30-39-13-5-4-12-37(39)3)61(103)86-44(17-10-26-78-67(74)75)64(106)90-27-11-18-50(90)63(105)85-42(14-6-7-23-68)57(99)89-48(31-54(95)96)62(104)83-41(15-8-24-76-65(70)71)56(98)80-32-51(92)79-33-52(93)82-49(55(69)97)34-107-35-53(94)81-46(60(102)87-45)29-38-19-21-40(91)22-20-38/h4-5,12-13,19-22,36,41-50,91H,6-11,14-18,23-35,68H2,1-3H3,(H2,69,97)(H,79,92)(H,80,98)(H,81,94)(H,82,93)(H,83,104)(H,84,101)(H,85,105)(H,86,103)(H,87,102)(H,88,100)(H,89,99)(H,95,96)(H4,70,71,76)(H4,72,73,77)(H4,74,75,78)/t41-,42-,43-,44-,45-,46-,47-,48-,49-,50-/m0/s1. The molecule has 40 heteroatoms. The lowest BCUT2D eigenvalue weighted by Gasteiger charge is -2.31. The number of nitrogens with one attached hydrogen (secondary N) is 11. The fourth-order valence-corrected chi connectivity index (χ4v) is 12.3. The number of benzene rings is 2. The lowest BCUT2D eigenvalue weighted by atomic mass is 9.98. The molecule has 39 nitrogen and oxygen atoms in total. The largest absolute Gasteiger partial charge is 0.508 e. The van der Waals surface area contributed by atoms with Gasteiger partial charge in [0.2, 0.25) is 76.8 Å². The number of nitrogens with zero attached hydrogens (tertiary/aromatic N) is 4. The Balaban J connectivity index is 1.87. The van der Waals surface area contributed by atoms with Crippen LogP contribution in [0.1, 0.15) is 114 Å².